The van der Waals surface area contributed by atoms with E-state index in [1.165, 1.54) is 0 Å². The van der Waals surface area contributed by atoms with Gasteiger partial charge >= 0.3 is 5.97 Å². The highest BCUT2D eigenvalue weighted by Crippen LogP contribution is 2.45. The maximum absolute atomic E-state index is 12.3. The molecule has 2 N–H and O–H groups in total. The lowest BCUT2D eigenvalue weighted by Gasteiger charge is -2.17. The lowest BCUT2D eigenvalue weighted by molar-refractivity contribution is -0.138. The normalized spacial score (nSPS) is 15.0. The SMILES string of the molecule is O=C(O)C(CP(=O)(O)CCc1cccnc1)c1ccccc1. The first-order chi connectivity index (χ1) is 10.5. The maximum atomic E-state index is 12.3. The molecule has 2 atom stereocenters. The van der Waals surface area contributed by atoms with Gasteiger partial charge in [0.1, 0.15) is 0 Å². The van der Waals surface area contributed by atoms with Crippen LogP contribution in [0.25, 0.3) is 0 Å². The average molecular weight is 319 g/mol. The molecule has 1 aromatic heterocycles. The minimum Gasteiger partial charge on any atom is -0.481 e. The molecule has 2 rings (SSSR count). The third kappa shape index (κ3) is 4.79. The molecule has 6 heteroatoms. The summed E-state index contributed by atoms with van der Waals surface area (Å²) in [6.45, 7) is 0. The Morgan fingerprint density at radius 3 is 2.50 bits per heavy atom. The smallest absolute Gasteiger partial charge is 0.311 e. The summed E-state index contributed by atoms with van der Waals surface area (Å²) >= 11 is 0. The van der Waals surface area contributed by atoms with Crippen molar-refractivity contribution in [2.24, 2.45) is 0 Å². The first-order valence-corrected chi connectivity index (χ1v) is 8.98. The molecule has 2 aromatic rings. The molecule has 0 aliphatic heterocycles. The van der Waals surface area contributed by atoms with Gasteiger partial charge in [0.15, 0.2) is 0 Å². The van der Waals surface area contributed by atoms with E-state index < -0.39 is 19.3 Å². The first-order valence-electron chi connectivity index (χ1n) is 6.95. The summed E-state index contributed by atoms with van der Waals surface area (Å²) in [4.78, 5) is 25.5. The minimum absolute atomic E-state index is 0.0509. The molecule has 1 heterocycles. The second-order valence-electron chi connectivity index (χ2n) is 5.17. The summed E-state index contributed by atoms with van der Waals surface area (Å²) in [6, 6.07) is 12.2. The summed E-state index contributed by atoms with van der Waals surface area (Å²) in [5, 5.41) is 9.33. The molecule has 0 radical (unpaired) electrons. The molecule has 0 saturated heterocycles. The van der Waals surface area contributed by atoms with Crippen LogP contribution in [0.3, 0.4) is 0 Å². The Labute approximate surface area is 129 Å². The van der Waals surface area contributed by atoms with Crippen molar-refractivity contribution in [3.63, 3.8) is 0 Å². The first kappa shape index (κ1) is 16.4. The van der Waals surface area contributed by atoms with E-state index in [4.69, 9.17) is 0 Å². The van der Waals surface area contributed by atoms with E-state index in [1.54, 1.807) is 48.8 Å². The molecule has 0 aliphatic carbocycles. The van der Waals surface area contributed by atoms with Crippen molar-refractivity contribution in [2.75, 3.05) is 12.3 Å². The van der Waals surface area contributed by atoms with E-state index in [-0.39, 0.29) is 12.3 Å². The van der Waals surface area contributed by atoms with E-state index >= 15 is 0 Å². The minimum atomic E-state index is -3.54. The molecule has 1 aromatic carbocycles. The average Bonchev–Trinajstić information content (AvgIpc) is 2.52. The standard InChI is InChI=1S/C16H18NO4P/c18-16(19)15(14-6-2-1-3-7-14)12-22(20,21)10-8-13-5-4-9-17-11-13/h1-7,9,11,15H,8,10,12H2,(H,18,19)(H,20,21). The number of aromatic nitrogens is 1. The number of carboxylic acid groups (broad SMARTS) is 1. The van der Waals surface area contributed by atoms with Gasteiger partial charge in [0.05, 0.1) is 5.92 Å². The fourth-order valence-electron chi connectivity index (χ4n) is 2.24. The van der Waals surface area contributed by atoms with Crippen LogP contribution in [0.1, 0.15) is 17.0 Å². The van der Waals surface area contributed by atoms with Gasteiger partial charge in [-0.15, -0.1) is 0 Å². The molecule has 22 heavy (non-hydrogen) atoms. The Morgan fingerprint density at radius 2 is 1.91 bits per heavy atom. The van der Waals surface area contributed by atoms with Crippen molar-refractivity contribution in [1.82, 2.24) is 4.98 Å². The van der Waals surface area contributed by atoms with Gasteiger partial charge in [-0.2, -0.15) is 0 Å². The molecule has 0 spiro atoms. The molecular weight excluding hydrogens is 301 g/mol. The Morgan fingerprint density at radius 1 is 1.18 bits per heavy atom. The molecule has 0 fully saturated rings. The summed E-state index contributed by atoms with van der Waals surface area (Å²) < 4.78 is 12.3. The van der Waals surface area contributed by atoms with Gasteiger partial charge in [0.2, 0.25) is 7.37 Å². The van der Waals surface area contributed by atoms with E-state index in [2.05, 4.69) is 4.98 Å². The Hall–Kier alpha value is -1.97. The number of benzene rings is 1. The van der Waals surface area contributed by atoms with Gasteiger partial charge in [0.25, 0.3) is 0 Å². The highest BCUT2D eigenvalue weighted by Gasteiger charge is 2.29. The maximum Gasteiger partial charge on any atom is 0.311 e. The second-order valence-corrected chi connectivity index (χ2v) is 7.67. The van der Waals surface area contributed by atoms with Crippen molar-refractivity contribution in [3.8, 4) is 0 Å². The van der Waals surface area contributed by atoms with Gasteiger partial charge < -0.3 is 10.00 Å². The van der Waals surface area contributed by atoms with Crippen LogP contribution in [-0.2, 0) is 15.8 Å². The summed E-state index contributed by atoms with van der Waals surface area (Å²) in [5.74, 6) is -2.05. The second kappa shape index (κ2) is 7.34. The van der Waals surface area contributed by atoms with Crippen molar-refractivity contribution in [2.45, 2.75) is 12.3 Å². The third-order valence-corrected chi connectivity index (χ3v) is 5.30. The van der Waals surface area contributed by atoms with Crippen LogP contribution in [0.5, 0.6) is 0 Å². The van der Waals surface area contributed by atoms with Gasteiger partial charge in [0, 0.05) is 24.7 Å². The Kier molecular flexibility index (Phi) is 5.47. The van der Waals surface area contributed by atoms with Crippen LogP contribution in [-0.4, -0.2) is 33.3 Å². The molecular formula is C16H18NO4P. The van der Waals surface area contributed by atoms with Crippen molar-refractivity contribution in [3.05, 3.63) is 66.0 Å². The highest BCUT2D eigenvalue weighted by atomic mass is 31.2. The summed E-state index contributed by atoms with van der Waals surface area (Å²) in [7, 11) is -3.54. The van der Waals surface area contributed by atoms with Gasteiger partial charge in [-0.3, -0.25) is 14.3 Å². The Bertz CT molecular complexity index is 660. The number of hydrogen-bond donors (Lipinski definition) is 2. The quantitative estimate of drug-likeness (QED) is 0.766. The number of carboxylic acids is 1. The predicted molar refractivity (Wildman–Crippen MR) is 84.3 cm³/mol. The monoisotopic (exact) mass is 319 g/mol. The summed E-state index contributed by atoms with van der Waals surface area (Å²) in [6.07, 6.45) is 3.48. The lowest BCUT2D eigenvalue weighted by Crippen LogP contribution is -2.17. The third-order valence-electron chi connectivity index (χ3n) is 3.44. The van der Waals surface area contributed by atoms with Crippen LogP contribution >= 0.6 is 7.37 Å². The van der Waals surface area contributed by atoms with E-state index in [0.717, 1.165) is 5.56 Å². The lowest BCUT2D eigenvalue weighted by atomic mass is 10.0. The molecule has 116 valence electrons. The number of rotatable bonds is 7. The molecule has 5 nitrogen and oxygen atoms in total. The summed E-state index contributed by atoms with van der Waals surface area (Å²) in [5.41, 5.74) is 1.41. The van der Waals surface area contributed by atoms with Crippen LogP contribution in [0, 0.1) is 0 Å². The van der Waals surface area contributed by atoms with E-state index in [9.17, 15) is 19.4 Å². The number of nitrogens with zero attached hydrogens (tertiary/aromatic N) is 1. The Balaban J connectivity index is 2.05. The van der Waals surface area contributed by atoms with Gasteiger partial charge in [-0.1, -0.05) is 36.4 Å². The zero-order valence-corrected chi connectivity index (χ0v) is 12.9. The fourth-order valence-corrected chi connectivity index (χ4v) is 3.97. The number of carbonyl (C=O) groups is 1. The van der Waals surface area contributed by atoms with Crippen molar-refractivity contribution in [1.29, 1.82) is 0 Å². The van der Waals surface area contributed by atoms with Crippen molar-refractivity contribution >= 4 is 13.3 Å². The van der Waals surface area contributed by atoms with Crippen LogP contribution in [0.15, 0.2) is 54.9 Å². The molecule has 0 bridgehead atoms. The number of hydrogen-bond acceptors (Lipinski definition) is 3. The molecule has 0 aliphatic rings. The molecule has 2 unspecified atom stereocenters. The predicted octanol–water partition coefficient (Wildman–Crippen LogP) is 2.76. The number of aliphatic carboxylic acids is 1. The topological polar surface area (TPSA) is 87.5 Å². The molecule has 0 amide bonds. The molecule has 0 saturated carbocycles. The van der Waals surface area contributed by atoms with Crippen LogP contribution in [0.4, 0.5) is 0 Å². The highest BCUT2D eigenvalue weighted by molar-refractivity contribution is 7.58. The zero-order valence-electron chi connectivity index (χ0n) is 12.0. The van der Waals surface area contributed by atoms with Crippen LogP contribution < -0.4 is 0 Å². The number of aryl methyl sites for hydroxylation is 1. The van der Waals surface area contributed by atoms with Crippen molar-refractivity contribution < 1.29 is 19.4 Å². The fraction of sp³-hybridized carbons (Fsp3) is 0.250. The van der Waals surface area contributed by atoms with Gasteiger partial charge in [-0.05, 0) is 23.6 Å². The van der Waals surface area contributed by atoms with E-state index in [0.29, 0.717) is 12.0 Å². The van der Waals surface area contributed by atoms with E-state index in [1.807, 2.05) is 6.07 Å². The van der Waals surface area contributed by atoms with Gasteiger partial charge in [-0.25, -0.2) is 0 Å². The largest absolute Gasteiger partial charge is 0.481 e. The van der Waals surface area contributed by atoms with Crippen LogP contribution in [0.2, 0.25) is 0 Å². The zero-order chi connectivity index (χ0) is 16.0. The number of pyridine rings is 1.